The van der Waals surface area contributed by atoms with Crippen molar-refractivity contribution in [3.8, 4) is 0 Å². The third kappa shape index (κ3) is 3.40. The molecule has 22 heavy (non-hydrogen) atoms. The summed E-state index contributed by atoms with van der Waals surface area (Å²) in [5.74, 6) is 0. The topological polar surface area (TPSA) is 23.5 Å². The Morgan fingerprint density at radius 2 is 1.50 bits per heavy atom. The molecule has 0 aromatic heterocycles. The molecule has 1 N–H and O–H groups in total. The number of hydrogen-bond donors (Lipinski definition) is 1. The van der Waals surface area contributed by atoms with Gasteiger partial charge in [0.25, 0.3) is 0 Å². The second-order valence-corrected chi connectivity index (χ2v) is 6.41. The van der Waals surface area contributed by atoms with Gasteiger partial charge in [-0.1, -0.05) is 67.1 Å². The summed E-state index contributed by atoms with van der Waals surface area (Å²) in [7, 11) is 0. The summed E-state index contributed by atoms with van der Waals surface area (Å²) in [4.78, 5) is 2.50. The molecule has 2 nitrogen and oxygen atoms in total. The minimum Gasteiger partial charge on any atom is -0.394 e. The fourth-order valence-electron chi connectivity index (χ4n) is 3.61. The largest absolute Gasteiger partial charge is 0.394 e. The Hall–Kier alpha value is -1.64. The molecule has 1 heterocycles. The van der Waals surface area contributed by atoms with Crippen LogP contribution in [0.25, 0.3) is 0 Å². The fourth-order valence-corrected chi connectivity index (χ4v) is 3.61. The van der Waals surface area contributed by atoms with Crippen LogP contribution in [0.5, 0.6) is 0 Å². The van der Waals surface area contributed by atoms with E-state index >= 15 is 0 Å². The number of aliphatic hydroxyl groups is 1. The fraction of sp³-hybridized carbons (Fsp3) is 0.400. The molecule has 116 valence electrons. The lowest BCUT2D eigenvalue weighted by molar-refractivity contribution is -0.00723. The van der Waals surface area contributed by atoms with Crippen molar-refractivity contribution in [3.05, 3.63) is 71.8 Å². The van der Waals surface area contributed by atoms with Gasteiger partial charge in [0, 0.05) is 12.1 Å². The smallest absolute Gasteiger partial charge is 0.0618 e. The predicted molar refractivity (Wildman–Crippen MR) is 90.7 cm³/mol. The number of likely N-dealkylation sites (tertiary alicyclic amines) is 1. The maximum atomic E-state index is 10.2. The molecule has 1 aliphatic rings. The first-order valence-electron chi connectivity index (χ1n) is 8.26. The van der Waals surface area contributed by atoms with Crippen molar-refractivity contribution in [1.29, 1.82) is 0 Å². The van der Waals surface area contributed by atoms with Crippen LogP contribution in [-0.2, 0) is 13.0 Å². The Morgan fingerprint density at radius 3 is 2.14 bits per heavy atom. The van der Waals surface area contributed by atoms with Crippen LogP contribution < -0.4 is 0 Å². The van der Waals surface area contributed by atoms with Gasteiger partial charge >= 0.3 is 0 Å². The van der Waals surface area contributed by atoms with E-state index in [1.807, 2.05) is 0 Å². The maximum Gasteiger partial charge on any atom is 0.0618 e. The third-order valence-corrected chi connectivity index (χ3v) is 4.88. The number of nitrogens with zero attached hydrogens (tertiary/aromatic N) is 1. The van der Waals surface area contributed by atoms with Crippen molar-refractivity contribution in [3.63, 3.8) is 0 Å². The number of rotatable bonds is 5. The molecule has 3 rings (SSSR count). The van der Waals surface area contributed by atoms with Gasteiger partial charge in [0.05, 0.1) is 6.61 Å². The molecule has 1 fully saturated rings. The molecule has 0 amide bonds. The molecule has 1 aliphatic heterocycles. The summed E-state index contributed by atoms with van der Waals surface area (Å²) in [6.07, 6.45) is 4.43. The average Bonchev–Trinajstić information content (AvgIpc) is 2.58. The Balaban J connectivity index is 1.82. The Morgan fingerprint density at radius 1 is 0.864 bits per heavy atom. The summed E-state index contributed by atoms with van der Waals surface area (Å²) in [5.41, 5.74) is 2.53. The van der Waals surface area contributed by atoms with Crippen LogP contribution in [0.2, 0.25) is 0 Å². The zero-order chi connectivity index (χ0) is 15.3. The summed E-state index contributed by atoms with van der Waals surface area (Å²) in [6.45, 7) is 2.23. The van der Waals surface area contributed by atoms with Crippen LogP contribution in [0.4, 0.5) is 0 Å². The van der Waals surface area contributed by atoms with E-state index in [9.17, 15) is 5.11 Å². The molecule has 2 heteroatoms. The Bertz CT molecular complexity index is 569. The number of piperidine rings is 1. The lowest BCUT2D eigenvalue weighted by Gasteiger charge is -2.46. The number of aliphatic hydroxyl groups excluding tert-OH is 1. The van der Waals surface area contributed by atoms with Gasteiger partial charge < -0.3 is 5.11 Å². The van der Waals surface area contributed by atoms with E-state index in [0.717, 1.165) is 25.9 Å². The lowest BCUT2D eigenvalue weighted by Crippen LogP contribution is -2.55. The average molecular weight is 295 g/mol. The molecule has 0 radical (unpaired) electrons. The summed E-state index contributed by atoms with van der Waals surface area (Å²) < 4.78 is 0. The van der Waals surface area contributed by atoms with E-state index in [1.165, 1.54) is 24.0 Å². The van der Waals surface area contributed by atoms with Crippen LogP contribution in [0.3, 0.4) is 0 Å². The molecule has 0 spiro atoms. The van der Waals surface area contributed by atoms with Crippen molar-refractivity contribution >= 4 is 0 Å². The van der Waals surface area contributed by atoms with E-state index in [-0.39, 0.29) is 12.1 Å². The summed E-state index contributed by atoms with van der Waals surface area (Å²) in [6, 6.07) is 21.2. The molecule has 2 aromatic carbocycles. The van der Waals surface area contributed by atoms with Gasteiger partial charge in [-0.15, -0.1) is 0 Å². The van der Waals surface area contributed by atoms with E-state index in [4.69, 9.17) is 0 Å². The van der Waals surface area contributed by atoms with Crippen molar-refractivity contribution in [2.24, 2.45) is 0 Å². The summed E-state index contributed by atoms with van der Waals surface area (Å²) in [5, 5.41) is 10.2. The van der Waals surface area contributed by atoms with E-state index in [1.54, 1.807) is 0 Å². The van der Waals surface area contributed by atoms with Crippen molar-refractivity contribution in [2.75, 3.05) is 13.2 Å². The molecular formula is C20H25NO. The highest BCUT2D eigenvalue weighted by molar-refractivity contribution is 5.20. The van der Waals surface area contributed by atoms with E-state index < -0.39 is 0 Å². The molecule has 0 saturated carbocycles. The molecule has 1 atom stereocenters. The highest BCUT2D eigenvalue weighted by Crippen LogP contribution is 2.32. The van der Waals surface area contributed by atoms with Gasteiger partial charge in [-0.2, -0.15) is 0 Å². The second kappa shape index (κ2) is 7.08. The number of benzene rings is 2. The van der Waals surface area contributed by atoms with Crippen molar-refractivity contribution in [2.45, 2.75) is 37.8 Å². The van der Waals surface area contributed by atoms with Gasteiger partial charge in [0.2, 0.25) is 0 Å². The van der Waals surface area contributed by atoms with Crippen LogP contribution in [0.15, 0.2) is 60.7 Å². The van der Waals surface area contributed by atoms with Gasteiger partial charge in [-0.25, -0.2) is 0 Å². The van der Waals surface area contributed by atoms with Crippen LogP contribution in [0, 0.1) is 0 Å². The summed E-state index contributed by atoms with van der Waals surface area (Å²) >= 11 is 0. The maximum absolute atomic E-state index is 10.2. The molecule has 0 bridgehead atoms. The minimum absolute atomic E-state index is 0.116. The van der Waals surface area contributed by atoms with Crippen LogP contribution in [0.1, 0.15) is 30.4 Å². The van der Waals surface area contributed by atoms with Gasteiger partial charge in [-0.3, -0.25) is 4.90 Å². The van der Waals surface area contributed by atoms with E-state index in [2.05, 4.69) is 65.6 Å². The van der Waals surface area contributed by atoms with Gasteiger partial charge in [0.1, 0.15) is 0 Å². The Labute approximate surface area is 133 Å². The molecule has 1 saturated heterocycles. The molecule has 0 aliphatic carbocycles. The van der Waals surface area contributed by atoms with Crippen LogP contribution in [-0.4, -0.2) is 28.7 Å². The normalized spacial score (nSPS) is 22.6. The first-order valence-corrected chi connectivity index (χ1v) is 8.26. The highest BCUT2D eigenvalue weighted by Gasteiger charge is 2.38. The SMILES string of the molecule is OCC1(Cc2ccccc2)CCCCN1Cc1ccccc1. The van der Waals surface area contributed by atoms with E-state index in [0.29, 0.717) is 0 Å². The molecule has 1 unspecified atom stereocenters. The lowest BCUT2D eigenvalue weighted by atomic mass is 9.81. The van der Waals surface area contributed by atoms with Crippen LogP contribution >= 0.6 is 0 Å². The number of hydrogen-bond acceptors (Lipinski definition) is 2. The second-order valence-electron chi connectivity index (χ2n) is 6.41. The highest BCUT2D eigenvalue weighted by atomic mass is 16.3. The first-order chi connectivity index (χ1) is 10.8. The third-order valence-electron chi connectivity index (χ3n) is 4.88. The minimum atomic E-state index is -0.116. The zero-order valence-electron chi connectivity index (χ0n) is 13.1. The quantitative estimate of drug-likeness (QED) is 0.910. The van der Waals surface area contributed by atoms with Crippen molar-refractivity contribution < 1.29 is 5.11 Å². The standard InChI is InChI=1S/C20H25NO/c22-17-20(15-18-9-3-1-4-10-18)13-7-8-14-21(20)16-19-11-5-2-6-12-19/h1-6,9-12,22H,7-8,13-17H2. The van der Waals surface area contributed by atoms with Gasteiger partial charge in [0.15, 0.2) is 0 Å². The monoisotopic (exact) mass is 295 g/mol. The first kappa shape index (κ1) is 15.3. The molecule has 2 aromatic rings. The van der Waals surface area contributed by atoms with Crippen molar-refractivity contribution in [1.82, 2.24) is 4.90 Å². The predicted octanol–water partition coefficient (Wildman–Crippen LogP) is 3.65. The zero-order valence-corrected chi connectivity index (χ0v) is 13.1. The van der Waals surface area contributed by atoms with Gasteiger partial charge in [-0.05, 0) is 36.9 Å². The molecular weight excluding hydrogens is 270 g/mol. The Kier molecular flexibility index (Phi) is 4.91.